The highest BCUT2D eigenvalue weighted by atomic mass is 35.5. The number of hydrogen-bond donors (Lipinski definition) is 1. The number of carbonyl (C=O) groups is 1. The van der Waals surface area contributed by atoms with Crippen LogP contribution in [0.4, 0.5) is 0 Å². The standard InChI is InChI=1S/C18H15ClO3/c1-11-2-3-13(12-4-6-14(19)7-5-12)8-15(11)18-16(20)9-22-10-17(18)21/h2-8,20H,9-10H2,1H3. The fourth-order valence-corrected chi connectivity index (χ4v) is 2.69. The van der Waals surface area contributed by atoms with Crippen molar-refractivity contribution in [1.82, 2.24) is 0 Å². The van der Waals surface area contributed by atoms with E-state index in [1.54, 1.807) is 0 Å². The molecule has 0 radical (unpaired) electrons. The van der Waals surface area contributed by atoms with Gasteiger partial charge in [-0.05, 0) is 47.4 Å². The van der Waals surface area contributed by atoms with E-state index in [9.17, 15) is 9.90 Å². The summed E-state index contributed by atoms with van der Waals surface area (Å²) in [7, 11) is 0. The zero-order valence-electron chi connectivity index (χ0n) is 12.1. The van der Waals surface area contributed by atoms with Crippen LogP contribution in [0, 0.1) is 6.92 Å². The van der Waals surface area contributed by atoms with Gasteiger partial charge in [0, 0.05) is 5.02 Å². The van der Waals surface area contributed by atoms with Crippen molar-refractivity contribution in [1.29, 1.82) is 0 Å². The SMILES string of the molecule is Cc1ccc(-c2ccc(Cl)cc2)cc1C1=C(O)COCC1=O. The summed E-state index contributed by atoms with van der Waals surface area (Å²) in [6, 6.07) is 13.4. The Hall–Kier alpha value is -2.10. The first-order valence-electron chi connectivity index (χ1n) is 6.96. The van der Waals surface area contributed by atoms with Crippen LogP contribution < -0.4 is 0 Å². The van der Waals surface area contributed by atoms with Crippen LogP contribution in [0.3, 0.4) is 0 Å². The number of carbonyl (C=O) groups excluding carboxylic acids is 1. The smallest absolute Gasteiger partial charge is 0.192 e. The minimum absolute atomic E-state index is 0.00397. The number of Topliss-reactive ketones (excluding diaryl/α,β-unsaturated/α-hetero) is 1. The highest BCUT2D eigenvalue weighted by Crippen LogP contribution is 2.30. The van der Waals surface area contributed by atoms with Crippen LogP contribution in [-0.2, 0) is 9.53 Å². The number of benzene rings is 2. The van der Waals surface area contributed by atoms with Crippen molar-refractivity contribution in [2.45, 2.75) is 6.92 Å². The van der Waals surface area contributed by atoms with Gasteiger partial charge in [-0.25, -0.2) is 0 Å². The summed E-state index contributed by atoms with van der Waals surface area (Å²) < 4.78 is 5.04. The van der Waals surface area contributed by atoms with Crippen LogP contribution in [0.1, 0.15) is 11.1 Å². The van der Waals surface area contributed by atoms with Crippen molar-refractivity contribution >= 4 is 23.0 Å². The molecule has 22 heavy (non-hydrogen) atoms. The van der Waals surface area contributed by atoms with Gasteiger partial charge in [0.1, 0.15) is 19.0 Å². The molecule has 0 atom stereocenters. The molecular formula is C18H15ClO3. The van der Waals surface area contributed by atoms with Crippen molar-refractivity contribution in [3.8, 4) is 11.1 Å². The predicted molar refractivity (Wildman–Crippen MR) is 87.0 cm³/mol. The van der Waals surface area contributed by atoms with Gasteiger partial charge in [0.15, 0.2) is 5.78 Å². The Kier molecular flexibility index (Phi) is 4.01. The Balaban J connectivity index is 2.11. The lowest BCUT2D eigenvalue weighted by Crippen LogP contribution is -2.21. The monoisotopic (exact) mass is 314 g/mol. The van der Waals surface area contributed by atoms with Gasteiger partial charge in [-0.1, -0.05) is 35.9 Å². The van der Waals surface area contributed by atoms with E-state index in [0.717, 1.165) is 22.3 Å². The van der Waals surface area contributed by atoms with Crippen molar-refractivity contribution in [2.24, 2.45) is 0 Å². The second-order valence-corrected chi connectivity index (χ2v) is 5.71. The molecule has 1 N–H and O–H groups in total. The number of ketones is 1. The number of aryl methyl sites for hydroxylation is 1. The molecule has 0 spiro atoms. The quantitative estimate of drug-likeness (QED) is 0.904. The molecule has 0 aromatic heterocycles. The first-order valence-corrected chi connectivity index (χ1v) is 7.34. The van der Waals surface area contributed by atoms with E-state index in [2.05, 4.69) is 0 Å². The highest BCUT2D eigenvalue weighted by molar-refractivity contribution is 6.30. The number of rotatable bonds is 2. The third kappa shape index (κ3) is 2.78. The van der Waals surface area contributed by atoms with Gasteiger partial charge in [-0.3, -0.25) is 4.79 Å². The average Bonchev–Trinajstić information content (AvgIpc) is 2.50. The molecule has 0 unspecified atom stereocenters. The van der Waals surface area contributed by atoms with E-state index in [1.807, 2.05) is 49.4 Å². The second kappa shape index (κ2) is 5.95. The van der Waals surface area contributed by atoms with Gasteiger partial charge in [0.05, 0.1) is 5.57 Å². The third-order valence-corrected chi connectivity index (χ3v) is 3.98. The summed E-state index contributed by atoms with van der Waals surface area (Å²) in [6.45, 7) is 2.00. The molecule has 1 aliphatic rings. The Morgan fingerprint density at radius 1 is 1.05 bits per heavy atom. The molecule has 0 aliphatic carbocycles. The summed E-state index contributed by atoms with van der Waals surface area (Å²) in [5.41, 5.74) is 4.02. The summed E-state index contributed by atoms with van der Waals surface area (Å²) in [4.78, 5) is 12.1. The zero-order valence-corrected chi connectivity index (χ0v) is 12.9. The molecule has 3 nitrogen and oxygen atoms in total. The van der Waals surface area contributed by atoms with Crippen molar-refractivity contribution in [2.75, 3.05) is 13.2 Å². The van der Waals surface area contributed by atoms with E-state index in [1.165, 1.54) is 0 Å². The molecule has 1 heterocycles. The highest BCUT2D eigenvalue weighted by Gasteiger charge is 2.23. The summed E-state index contributed by atoms with van der Waals surface area (Å²) in [5, 5.41) is 10.7. The molecule has 0 bridgehead atoms. The zero-order chi connectivity index (χ0) is 15.7. The molecule has 112 valence electrons. The maximum Gasteiger partial charge on any atom is 0.192 e. The second-order valence-electron chi connectivity index (χ2n) is 5.27. The number of aliphatic hydroxyl groups is 1. The normalized spacial score (nSPS) is 15.3. The Bertz CT molecular complexity index is 760. The maximum atomic E-state index is 12.1. The minimum Gasteiger partial charge on any atom is -0.509 e. The van der Waals surface area contributed by atoms with Gasteiger partial charge < -0.3 is 9.84 Å². The van der Waals surface area contributed by atoms with Gasteiger partial charge in [-0.15, -0.1) is 0 Å². The molecule has 2 aromatic carbocycles. The molecule has 2 aromatic rings. The summed E-state index contributed by atoms with van der Waals surface area (Å²) in [6.07, 6.45) is 0. The number of aliphatic hydroxyl groups excluding tert-OH is 1. The third-order valence-electron chi connectivity index (χ3n) is 3.72. The van der Waals surface area contributed by atoms with Crippen LogP contribution in [0.2, 0.25) is 5.02 Å². The Morgan fingerprint density at radius 2 is 1.73 bits per heavy atom. The van der Waals surface area contributed by atoms with E-state index >= 15 is 0 Å². The van der Waals surface area contributed by atoms with Crippen LogP contribution >= 0.6 is 11.6 Å². The average molecular weight is 315 g/mol. The lowest BCUT2D eigenvalue weighted by atomic mass is 9.92. The fraction of sp³-hybridized carbons (Fsp3) is 0.167. The molecule has 0 amide bonds. The number of halogens is 1. The first-order chi connectivity index (χ1) is 10.6. The van der Waals surface area contributed by atoms with E-state index in [-0.39, 0.29) is 24.8 Å². The molecule has 4 heteroatoms. The van der Waals surface area contributed by atoms with E-state index in [0.29, 0.717) is 10.6 Å². The topological polar surface area (TPSA) is 46.5 Å². The lowest BCUT2D eigenvalue weighted by molar-refractivity contribution is -0.119. The maximum absolute atomic E-state index is 12.1. The minimum atomic E-state index is -0.194. The number of ether oxygens (including phenoxy) is 1. The van der Waals surface area contributed by atoms with Crippen molar-refractivity contribution in [3.05, 3.63) is 64.4 Å². The van der Waals surface area contributed by atoms with Crippen molar-refractivity contribution in [3.63, 3.8) is 0 Å². The Labute approximate surface area is 133 Å². The van der Waals surface area contributed by atoms with Crippen LogP contribution in [-0.4, -0.2) is 24.1 Å². The number of hydrogen-bond acceptors (Lipinski definition) is 3. The Morgan fingerprint density at radius 3 is 2.41 bits per heavy atom. The summed E-state index contributed by atoms with van der Waals surface area (Å²) >= 11 is 5.92. The summed E-state index contributed by atoms with van der Waals surface area (Å²) in [5.74, 6) is -0.201. The van der Waals surface area contributed by atoms with Gasteiger partial charge in [-0.2, -0.15) is 0 Å². The van der Waals surface area contributed by atoms with E-state index < -0.39 is 0 Å². The van der Waals surface area contributed by atoms with Crippen LogP contribution in [0.5, 0.6) is 0 Å². The molecule has 0 fully saturated rings. The fourth-order valence-electron chi connectivity index (χ4n) is 2.56. The molecule has 0 saturated heterocycles. The van der Waals surface area contributed by atoms with Gasteiger partial charge in [0.25, 0.3) is 0 Å². The largest absolute Gasteiger partial charge is 0.509 e. The molecule has 3 rings (SSSR count). The van der Waals surface area contributed by atoms with E-state index in [4.69, 9.17) is 16.3 Å². The van der Waals surface area contributed by atoms with Crippen LogP contribution in [0.15, 0.2) is 48.2 Å². The van der Waals surface area contributed by atoms with Gasteiger partial charge >= 0.3 is 0 Å². The first kappa shape index (κ1) is 14.8. The van der Waals surface area contributed by atoms with Crippen molar-refractivity contribution < 1.29 is 14.6 Å². The molecule has 1 aliphatic heterocycles. The molecule has 0 saturated carbocycles. The molecular weight excluding hydrogens is 300 g/mol. The lowest BCUT2D eigenvalue weighted by Gasteiger charge is -2.18. The van der Waals surface area contributed by atoms with Crippen LogP contribution in [0.25, 0.3) is 16.7 Å². The predicted octanol–water partition coefficient (Wildman–Crippen LogP) is 4.18. The van der Waals surface area contributed by atoms with Gasteiger partial charge in [0.2, 0.25) is 0 Å².